The lowest BCUT2D eigenvalue weighted by molar-refractivity contribution is 0.402. The minimum atomic E-state index is -1.35. The molecule has 0 bridgehead atoms. The van der Waals surface area contributed by atoms with Gasteiger partial charge in [-0.1, -0.05) is 13.8 Å². The maximum atomic E-state index is 5.50. The van der Waals surface area contributed by atoms with Crippen LogP contribution in [-0.2, 0) is 8.85 Å². The predicted molar refractivity (Wildman–Crippen MR) is 129 cm³/mol. The van der Waals surface area contributed by atoms with E-state index in [0.717, 1.165) is 31.8 Å². The number of rotatable bonds is 12. The average molecular weight is 417 g/mol. The summed E-state index contributed by atoms with van der Waals surface area (Å²) in [6.07, 6.45) is 3.46. The van der Waals surface area contributed by atoms with Crippen LogP contribution in [0.2, 0.25) is 38.3 Å². The van der Waals surface area contributed by atoms with E-state index in [-0.39, 0.29) is 0 Å². The van der Waals surface area contributed by atoms with E-state index in [1.807, 2.05) is 28.1 Å². The van der Waals surface area contributed by atoms with Gasteiger partial charge in [0.2, 0.25) is 0 Å². The molecule has 0 unspecified atom stereocenters. The molecular formula is C21H48N2O2Si2. The molecule has 0 aromatic carbocycles. The molecule has 4 nitrogen and oxygen atoms in total. The summed E-state index contributed by atoms with van der Waals surface area (Å²) >= 11 is 0. The van der Waals surface area contributed by atoms with Crippen molar-refractivity contribution in [1.29, 1.82) is 0 Å². The fraction of sp³-hybridized carbons (Fsp3) is 0.905. The summed E-state index contributed by atoms with van der Waals surface area (Å²) < 4.78 is 10.9. The quantitative estimate of drug-likeness (QED) is 0.208. The first-order valence-electron chi connectivity index (χ1n) is 10.4. The van der Waals surface area contributed by atoms with Crippen LogP contribution in [0.15, 0.2) is 9.98 Å². The molecule has 0 N–H and O–H groups in total. The lowest BCUT2D eigenvalue weighted by Crippen LogP contribution is -2.28. The van der Waals surface area contributed by atoms with E-state index >= 15 is 0 Å². The Morgan fingerprint density at radius 2 is 1.19 bits per heavy atom. The van der Waals surface area contributed by atoms with Crippen molar-refractivity contribution in [3.63, 3.8) is 0 Å². The second-order valence-electron chi connectivity index (χ2n) is 9.18. The Balaban J connectivity index is 0. The summed E-state index contributed by atoms with van der Waals surface area (Å²) in [6, 6.07) is 2.42. The van der Waals surface area contributed by atoms with Gasteiger partial charge < -0.3 is 8.85 Å². The highest BCUT2D eigenvalue weighted by Crippen LogP contribution is 2.13. The van der Waals surface area contributed by atoms with Crippen LogP contribution in [0.3, 0.4) is 0 Å². The Labute approximate surface area is 172 Å². The maximum Gasteiger partial charge on any atom is 0.186 e. The second-order valence-corrected chi connectivity index (χ2v) is 18.0. The fourth-order valence-electron chi connectivity index (χ4n) is 2.44. The van der Waals surface area contributed by atoms with E-state index in [0.29, 0.717) is 0 Å². The lowest BCUT2D eigenvalue weighted by Gasteiger charge is -2.18. The first-order valence-corrected chi connectivity index (χ1v) is 16.7. The number of nitrogens with zero attached hydrogens (tertiary/aromatic N) is 2. The Morgan fingerprint density at radius 3 is 1.52 bits per heavy atom. The zero-order chi connectivity index (χ0) is 21.5. The molecule has 0 saturated carbocycles. The van der Waals surface area contributed by atoms with Crippen molar-refractivity contribution in [2.45, 2.75) is 92.2 Å². The van der Waals surface area contributed by atoms with Gasteiger partial charge in [0.05, 0.1) is 0 Å². The smallest absolute Gasteiger partial charge is 0.186 e. The summed E-state index contributed by atoms with van der Waals surface area (Å²) in [5.41, 5.74) is 2.47. The summed E-state index contributed by atoms with van der Waals surface area (Å²) in [6.45, 7) is 21.6. The first-order chi connectivity index (χ1) is 12.3. The largest absolute Gasteiger partial charge is 0.420 e. The van der Waals surface area contributed by atoms with Gasteiger partial charge in [-0.3, -0.25) is 9.98 Å². The highest BCUT2D eigenvalue weighted by Gasteiger charge is 2.19. The van der Waals surface area contributed by atoms with Crippen LogP contribution >= 0.6 is 0 Å². The molecule has 0 atom stereocenters. The highest BCUT2D eigenvalue weighted by atomic mass is 28.4. The highest BCUT2D eigenvalue weighted by molar-refractivity contribution is 6.71. The molecule has 0 aliphatic carbocycles. The van der Waals surface area contributed by atoms with Crippen LogP contribution in [0.25, 0.3) is 0 Å². The first kappa shape index (κ1) is 28.9. The van der Waals surface area contributed by atoms with E-state index in [2.05, 4.69) is 56.9 Å². The van der Waals surface area contributed by atoms with Crippen molar-refractivity contribution in [2.75, 3.05) is 27.3 Å². The van der Waals surface area contributed by atoms with Crippen LogP contribution in [0.5, 0.6) is 0 Å². The number of hydrogen-bond donors (Lipinski definition) is 0. The lowest BCUT2D eigenvalue weighted by atomic mass is 10.1. The third-order valence-corrected chi connectivity index (χ3v) is 9.82. The fourth-order valence-corrected chi connectivity index (χ4v) is 4.87. The summed E-state index contributed by atoms with van der Waals surface area (Å²) in [7, 11) is 0.984. The molecule has 0 fully saturated rings. The van der Waals surface area contributed by atoms with Gasteiger partial charge >= 0.3 is 0 Å². The van der Waals surface area contributed by atoms with Gasteiger partial charge in [-0.2, -0.15) is 0 Å². The Kier molecular flexibility index (Phi) is 16.7. The van der Waals surface area contributed by atoms with Crippen molar-refractivity contribution in [3.05, 3.63) is 0 Å². The zero-order valence-electron chi connectivity index (χ0n) is 20.2. The Morgan fingerprint density at radius 1 is 0.778 bits per heavy atom. The third-order valence-electron chi connectivity index (χ3n) is 4.49. The van der Waals surface area contributed by atoms with Crippen molar-refractivity contribution >= 4 is 28.1 Å². The molecule has 0 aliphatic rings. The van der Waals surface area contributed by atoms with E-state index < -0.39 is 16.6 Å². The van der Waals surface area contributed by atoms with E-state index in [1.54, 1.807) is 0 Å². The van der Waals surface area contributed by atoms with Crippen LogP contribution in [0, 0.1) is 5.92 Å². The summed E-state index contributed by atoms with van der Waals surface area (Å²) in [5.74, 6) is 0.721. The minimum absolute atomic E-state index is 0.721. The standard InChI is InChI=1S/C12H27NOSi.C9H21NOSi/c1-11(2)10-12(3)13-8-7-9-15(5,6)14-4;1-9(2)10-7-6-8-12(4,5)11-3/h11H,7-10H2,1-6H3;6-8H2,1-5H3. The zero-order valence-corrected chi connectivity index (χ0v) is 22.2. The molecule has 0 saturated heterocycles. The second kappa shape index (κ2) is 15.6. The number of aliphatic imine (C=N–C) groups is 2. The molecule has 6 heteroatoms. The average Bonchev–Trinajstić information content (AvgIpc) is 2.55. The van der Waals surface area contributed by atoms with Gasteiger partial charge in [0.25, 0.3) is 0 Å². The minimum Gasteiger partial charge on any atom is -0.420 e. The van der Waals surface area contributed by atoms with Gasteiger partial charge in [0.1, 0.15) is 0 Å². The number of hydrogen-bond acceptors (Lipinski definition) is 4. The van der Waals surface area contributed by atoms with Crippen molar-refractivity contribution in [1.82, 2.24) is 0 Å². The van der Waals surface area contributed by atoms with Gasteiger partial charge in [0, 0.05) is 38.7 Å². The topological polar surface area (TPSA) is 43.2 Å². The predicted octanol–water partition coefficient (Wildman–Crippen LogP) is 6.44. The molecule has 0 spiro atoms. The van der Waals surface area contributed by atoms with Crippen LogP contribution in [0.4, 0.5) is 0 Å². The molecule has 0 aliphatic heterocycles. The van der Waals surface area contributed by atoms with E-state index in [4.69, 9.17) is 8.85 Å². The van der Waals surface area contributed by atoms with Crippen LogP contribution in [-0.4, -0.2) is 55.4 Å². The Bertz CT molecular complexity index is 430. The third kappa shape index (κ3) is 21.8. The van der Waals surface area contributed by atoms with Crippen LogP contribution in [0.1, 0.15) is 53.9 Å². The molecule has 0 amide bonds. The normalized spacial score (nSPS) is 12.7. The summed E-state index contributed by atoms with van der Waals surface area (Å²) in [5, 5.41) is 0. The molecule has 0 heterocycles. The van der Waals surface area contributed by atoms with Gasteiger partial charge in [-0.25, -0.2) is 0 Å². The molecular weight excluding hydrogens is 368 g/mol. The van der Waals surface area contributed by atoms with Gasteiger partial charge in [-0.05, 0) is 84.2 Å². The van der Waals surface area contributed by atoms with Crippen molar-refractivity contribution in [2.24, 2.45) is 15.9 Å². The monoisotopic (exact) mass is 416 g/mol. The molecule has 0 radical (unpaired) electrons. The maximum absolute atomic E-state index is 5.50. The molecule has 162 valence electrons. The Hall–Kier alpha value is -0.306. The SMILES string of the molecule is CO[Si](C)(C)CCCN=C(C)C.CO[Si](C)(C)CCCN=C(C)CC(C)C. The molecule has 0 rings (SSSR count). The van der Waals surface area contributed by atoms with Crippen LogP contribution < -0.4 is 0 Å². The molecule has 0 aromatic heterocycles. The van der Waals surface area contributed by atoms with E-state index in [9.17, 15) is 0 Å². The van der Waals surface area contributed by atoms with Gasteiger partial charge in [-0.15, -0.1) is 0 Å². The van der Waals surface area contributed by atoms with Gasteiger partial charge in [0.15, 0.2) is 16.6 Å². The van der Waals surface area contributed by atoms with Crippen molar-refractivity contribution < 1.29 is 8.85 Å². The molecule has 27 heavy (non-hydrogen) atoms. The summed E-state index contributed by atoms with van der Waals surface area (Å²) in [4.78, 5) is 8.93. The van der Waals surface area contributed by atoms with E-state index in [1.165, 1.54) is 29.9 Å². The molecule has 0 aromatic rings. The van der Waals surface area contributed by atoms with Crippen molar-refractivity contribution in [3.8, 4) is 0 Å².